The number of rotatable bonds is 3. The van der Waals surface area contributed by atoms with Crippen molar-refractivity contribution >= 4 is 17.4 Å². The number of thioether (sulfide) groups is 1. The van der Waals surface area contributed by atoms with Gasteiger partial charge in [-0.2, -0.15) is 0 Å². The van der Waals surface area contributed by atoms with Gasteiger partial charge >= 0.3 is 0 Å². The van der Waals surface area contributed by atoms with Crippen LogP contribution < -0.4 is 4.90 Å². The van der Waals surface area contributed by atoms with Crippen molar-refractivity contribution in [2.24, 2.45) is 5.92 Å². The van der Waals surface area contributed by atoms with Crippen molar-refractivity contribution < 1.29 is 4.74 Å². The average Bonchev–Trinajstić information content (AvgIpc) is 2.86. The van der Waals surface area contributed by atoms with Crippen molar-refractivity contribution in [2.75, 3.05) is 44.7 Å². The SMILES string of the molecule is C[C@H]1COC(Sc2ccc(N3CCN(C)CC3)cc2)C1. The topological polar surface area (TPSA) is 15.7 Å². The zero-order valence-corrected chi connectivity index (χ0v) is 13.2. The first-order valence-corrected chi connectivity index (χ1v) is 8.40. The molecule has 2 atom stereocenters. The molecule has 2 aliphatic heterocycles. The van der Waals surface area contributed by atoms with Crippen molar-refractivity contribution in [3.05, 3.63) is 24.3 Å². The predicted octanol–water partition coefficient (Wildman–Crippen LogP) is 2.91. The summed E-state index contributed by atoms with van der Waals surface area (Å²) in [5.74, 6) is 0.706. The van der Waals surface area contributed by atoms with Gasteiger partial charge in [-0.05, 0) is 43.7 Å². The third-order valence-electron chi connectivity index (χ3n) is 4.13. The van der Waals surface area contributed by atoms with Crippen LogP contribution in [0.5, 0.6) is 0 Å². The highest BCUT2D eigenvalue weighted by molar-refractivity contribution is 7.99. The summed E-state index contributed by atoms with van der Waals surface area (Å²) in [5.41, 5.74) is 1.70. The molecule has 3 rings (SSSR count). The molecule has 0 bridgehead atoms. The quantitative estimate of drug-likeness (QED) is 0.851. The second kappa shape index (κ2) is 6.37. The first-order valence-electron chi connectivity index (χ1n) is 7.52. The van der Waals surface area contributed by atoms with Crippen LogP contribution in [-0.2, 0) is 4.74 Å². The van der Waals surface area contributed by atoms with Gasteiger partial charge in [0.2, 0.25) is 0 Å². The molecule has 0 amide bonds. The van der Waals surface area contributed by atoms with Crippen molar-refractivity contribution in [1.82, 2.24) is 4.90 Å². The highest BCUT2D eigenvalue weighted by Gasteiger charge is 2.23. The monoisotopic (exact) mass is 292 g/mol. The summed E-state index contributed by atoms with van der Waals surface area (Å²) in [6, 6.07) is 8.99. The molecule has 0 spiro atoms. The molecule has 2 aliphatic rings. The second-order valence-corrected chi connectivity index (χ2v) is 7.24. The molecule has 4 heteroatoms. The Hall–Kier alpha value is -0.710. The van der Waals surface area contributed by atoms with Crippen LogP contribution in [0.3, 0.4) is 0 Å². The van der Waals surface area contributed by atoms with E-state index in [0.717, 1.165) is 32.8 Å². The van der Waals surface area contributed by atoms with Gasteiger partial charge in [0.15, 0.2) is 0 Å². The van der Waals surface area contributed by atoms with Crippen LogP contribution in [0, 0.1) is 5.92 Å². The largest absolute Gasteiger partial charge is 0.369 e. The van der Waals surface area contributed by atoms with E-state index in [0.29, 0.717) is 11.4 Å². The van der Waals surface area contributed by atoms with Crippen molar-refractivity contribution in [1.29, 1.82) is 0 Å². The summed E-state index contributed by atoms with van der Waals surface area (Å²) >= 11 is 1.86. The maximum Gasteiger partial charge on any atom is 0.108 e. The van der Waals surface area contributed by atoms with Crippen LogP contribution in [0.4, 0.5) is 5.69 Å². The highest BCUT2D eigenvalue weighted by Crippen LogP contribution is 2.33. The van der Waals surface area contributed by atoms with Gasteiger partial charge in [-0.1, -0.05) is 18.7 Å². The Morgan fingerprint density at radius 2 is 1.80 bits per heavy atom. The molecule has 2 heterocycles. The number of likely N-dealkylation sites (N-methyl/N-ethyl adjacent to an activating group) is 1. The smallest absolute Gasteiger partial charge is 0.108 e. The third-order valence-corrected chi connectivity index (χ3v) is 5.27. The van der Waals surface area contributed by atoms with Crippen molar-refractivity contribution in [2.45, 2.75) is 23.7 Å². The minimum absolute atomic E-state index is 0.347. The molecule has 2 fully saturated rings. The van der Waals surface area contributed by atoms with Gasteiger partial charge in [0.1, 0.15) is 5.44 Å². The average molecular weight is 292 g/mol. The Balaban J connectivity index is 1.57. The minimum Gasteiger partial charge on any atom is -0.369 e. The molecule has 0 aliphatic carbocycles. The van der Waals surface area contributed by atoms with Gasteiger partial charge in [0.05, 0.1) is 6.61 Å². The lowest BCUT2D eigenvalue weighted by atomic mass is 10.2. The summed E-state index contributed by atoms with van der Waals surface area (Å²) in [4.78, 5) is 6.18. The van der Waals surface area contributed by atoms with E-state index in [2.05, 4.69) is 48.0 Å². The van der Waals surface area contributed by atoms with E-state index in [-0.39, 0.29) is 0 Å². The molecule has 20 heavy (non-hydrogen) atoms. The number of ether oxygens (including phenoxy) is 1. The first-order chi connectivity index (χ1) is 9.70. The fourth-order valence-corrected chi connectivity index (χ4v) is 3.94. The number of anilines is 1. The first kappa shape index (κ1) is 14.2. The Kier molecular flexibility index (Phi) is 4.54. The van der Waals surface area contributed by atoms with Gasteiger partial charge in [-0.15, -0.1) is 0 Å². The van der Waals surface area contributed by atoms with Crippen LogP contribution in [0.25, 0.3) is 0 Å². The maximum atomic E-state index is 5.77. The zero-order valence-electron chi connectivity index (χ0n) is 12.4. The maximum absolute atomic E-state index is 5.77. The molecular formula is C16H24N2OS. The summed E-state index contributed by atoms with van der Waals surface area (Å²) in [6.45, 7) is 7.75. The van der Waals surface area contributed by atoms with Crippen LogP contribution in [0.15, 0.2) is 29.2 Å². The zero-order chi connectivity index (χ0) is 13.9. The molecule has 0 radical (unpaired) electrons. The predicted molar refractivity (Wildman–Crippen MR) is 85.5 cm³/mol. The Bertz CT molecular complexity index is 429. The Morgan fingerprint density at radius 3 is 2.40 bits per heavy atom. The van der Waals surface area contributed by atoms with E-state index >= 15 is 0 Å². The van der Waals surface area contributed by atoms with Crippen LogP contribution in [0.2, 0.25) is 0 Å². The number of benzene rings is 1. The lowest BCUT2D eigenvalue weighted by Gasteiger charge is -2.34. The Morgan fingerprint density at radius 1 is 1.10 bits per heavy atom. The van der Waals surface area contributed by atoms with E-state index in [9.17, 15) is 0 Å². The lowest BCUT2D eigenvalue weighted by molar-refractivity contribution is 0.166. The number of hydrogen-bond donors (Lipinski definition) is 0. The standard InChI is InChI=1S/C16H24N2OS/c1-13-11-16(19-12-13)20-15-5-3-14(4-6-15)18-9-7-17(2)8-10-18/h3-6,13,16H,7-12H2,1-2H3/t13-,16?/m1/s1. The number of hydrogen-bond acceptors (Lipinski definition) is 4. The molecule has 110 valence electrons. The summed E-state index contributed by atoms with van der Waals surface area (Å²) in [5, 5.41) is 0. The molecule has 0 N–H and O–H groups in total. The van der Waals surface area contributed by atoms with E-state index in [1.165, 1.54) is 17.0 Å². The van der Waals surface area contributed by atoms with Crippen LogP contribution in [-0.4, -0.2) is 50.2 Å². The van der Waals surface area contributed by atoms with E-state index in [4.69, 9.17) is 4.74 Å². The molecular weight excluding hydrogens is 268 g/mol. The van der Waals surface area contributed by atoms with E-state index in [1.807, 2.05) is 11.8 Å². The molecule has 0 aromatic heterocycles. The van der Waals surface area contributed by atoms with Crippen LogP contribution in [0.1, 0.15) is 13.3 Å². The second-order valence-electron chi connectivity index (χ2n) is 6.01. The van der Waals surface area contributed by atoms with Crippen molar-refractivity contribution in [3.63, 3.8) is 0 Å². The molecule has 1 unspecified atom stereocenters. The summed E-state index contributed by atoms with van der Waals surface area (Å²) in [7, 11) is 2.19. The highest BCUT2D eigenvalue weighted by atomic mass is 32.2. The number of piperazine rings is 1. The van der Waals surface area contributed by atoms with Crippen LogP contribution >= 0.6 is 11.8 Å². The normalized spacial score (nSPS) is 28.0. The van der Waals surface area contributed by atoms with Gasteiger partial charge < -0.3 is 14.5 Å². The van der Waals surface area contributed by atoms with Gasteiger partial charge in [-0.3, -0.25) is 0 Å². The summed E-state index contributed by atoms with van der Waals surface area (Å²) < 4.78 is 5.77. The molecule has 2 saturated heterocycles. The van der Waals surface area contributed by atoms with Gasteiger partial charge in [0, 0.05) is 36.8 Å². The molecule has 1 aromatic carbocycles. The molecule has 3 nitrogen and oxygen atoms in total. The van der Waals surface area contributed by atoms with E-state index in [1.54, 1.807) is 0 Å². The third kappa shape index (κ3) is 3.48. The van der Waals surface area contributed by atoms with Gasteiger partial charge in [-0.25, -0.2) is 0 Å². The fraction of sp³-hybridized carbons (Fsp3) is 0.625. The minimum atomic E-state index is 0.347. The molecule has 0 saturated carbocycles. The van der Waals surface area contributed by atoms with Gasteiger partial charge in [0.25, 0.3) is 0 Å². The van der Waals surface area contributed by atoms with Crippen molar-refractivity contribution in [3.8, 4) is 0 Å². The molecule has 1 aromatic rings. The fourth-order valence-electron chi connectivity index (χ4n) is 2.77. The van der Waals surface area contributed by atoms with E-state index < -0.39 is 0 Å². The lowest BCUT2D eigenvalue weighted by Crippen LogP contribution is -2.44. The summed E-state index contributed by atoms with van der Waals surface area (Å²) in [6.07, 6.45) is 1.17. The number of nitrogens with zero attached hydrogens (tertiary/aromatic N) is 2. The Labute approximate surface area is 126 Å².